The lowest BCUT2D eigenvalue weighted by molar-refractivity contribution is -0.138. The molecule has 0 aliphatic rings. The summed E-state index contributed by atoms with van der Waals surface area (Å²) < 4.78 is 2.53. The fraction of sp³-hybridized carbons (Fsp3) is 0.333. The lowest BCUT2D eigenvalue weighted by atomic mass is 10.1. The zero-order valence-electron chi connectivity index (χ0n) is 10.3. The first kappa shape index (κ1) is 13.7. The molecule has 0 spiro atoms. The highest BCUT2D eigenvalue weighted by Crippen LogP contribution is 2.26. The van der Waals surface area contributed by atoms with Crippen molar-refractivity contribution < 1.29 is 9.90 Å². The second-order valence-electron chi connectivity index (χ2n) is 4.37. The number of nitrogens with zero attached hydrogens (tertiary/aromatic N) is 4. The monoisotopic (exact) mass is 324 g/mol. The minimum absolute atomic E-state index is 0.0396. The minimum Gasteiger partial charge on any atom is -0.481 e. The molecule has 2 rings (SSSR count). The summed E-state index contributed by atoms with van der Waals surface area (Å²) in [5.74, 6) is -0.227. The molecular weight excluding hydrogens is 312 g/mol. The molecule has 1 atom stereocenters. The minimum atomic E-state index is -0.817. The van der Waals surface area contributed by atoms with Gasteiger partial charge >= 0.3 is 5.97 Å². The lowest BCUT2D eigenvalue weighted by Crippen LogP contribution is -2.14. The van der Waals surface area contributed by atoms with Crippen LogP contribution in [-0.4, -0.2) is 31.3 Å². The number of tetrazole rings is 1. The summed E-state index contributed by atoms with van der Waals surface area (Å²) in [7, 11) is 0. The van der Waals surface area contributed by atoms with E-state index in [1.54, 1.807) is 4.68 Å². The summed E-state index contributed by atoms with van der Waals surface area (Å²) in [6.45, 7) is 2.33. The van der Waals surface area contributed by atoms with Crippen molar-refractivity contribution in [3.8, 4) is 11.4 Å². The number of halogens is 1. The van der Waals surface area contributed by atoms with Gasteiger partial charge in [0.15, 0.2) is 5.82 Å². The summed E-state index contributed by atoms with van der Waals surface area (Å²) in [4.78, 5) is 10.7. The van der Waals surface area contributed by atoms with Crippen LogP contribution in [0.2, 0.25) is 0 Å². The maximum absolute atomic E-state index is 10.7. The fourth-order valence-corrected chi connectivity index (χ4v) is 2.28. The van der Waals surface area contributed by atoms with E-state index in [2.05, 4.69) is 31.5 Å². The quantitative estimate of drug-likeness (QED) is 0.911. The summed E-state index contributed by atoms with van der Waals surface area (Å²) in [6.07, 6.45) is 0.0925. The third-order valence-corrected chi connectivity index (χ3v) is 3.35. The van der Waals surface area contributed by atoms with Crippen LogP contribution < -0.4 is 0 Å². The second kappa shape index (κ2) is 5.92. The van der Waals surface area contributed by atoms with Crippen molar-refractivity contribution in [2.75, 3.05) is 0 Å². The van der Waals surface area contributed by atoms with Crippen LogP contribution in [0.4, 0.5) is 0 Å². The molecule has 6 nitrogen and oxygen atoms in total. The molecule has 2 aromatic rings. The Balaban J connectivity index is 2.23. The van der Waals surface area contributed by atoms with Crippen molar-refractivity contribution in [2.24, 2.45) is 5.92 Å². The standard InChI is InChI=1S/C12H13BrN4O2/c1-8(6-11(18)19)7-17-12(14-15-16-17)9-4-2-3-5-10(9)13/h2-5,8H,6-7H2,1H3,(H,18,19). The normalized spacial score (nSPS) is 12.3. The highest BCUT2D eigenvalue weighted by atomic mass is 79.9. The molecule has 0 aliphatic heterocycles. The number of aromatic nitrogens is 4. The Labute approximate surface area is 118 Å². The van der Waals surface area contributed by atoms with E-state index in [9.17, 15) is 4.79 Å². The molecule has 1 aromatic heterocycles. The topological polar surface area (TPSA) is 80.9 Å². The number of carboxylic acids is 1. The van der Waals surface area contributed by atoms with Crippen molar-refractivity contribution in [1.29, 1.82) is 0 Å². The molecule has 1 aromatic carbocycles. The Morgan fingerprint density at radius 3 is 2.89 bits per heavy atom. The van der Waals surface area contributed by atoms with E-state index in [4.69, 9.17) is 5.11 Å². The van der Waals surface area contributed by atoms with Crippen LogP contribution in [0, 0.1) is 5.92 Å². The average Bonchev–Trinajstić information content (AvgIpc) is 2.76. The van der Waals surface area contributed by atoms with Crippen molar-refractivity contribution in [2.45, 2.75) is 19.9 Å². The molecular formula is C12H13BrN4O2. The number of carboxylic acid groups (broad SMARTS) is 1. The molecule has 1 N–H and O–H groups in total. The van der Waals surface area contributed by atoms with Crippen molar-refractivity contribution >= 4 is 21.9 Å². The van der Waals surface area contributed by atoms with Gasteiger partial charge in [-0.3, -0.25) is 4.79 Å². The van der Waals surface area contributed by atoms with Gasteiger partial charge < -0.3 is 5.11 Å². The number of carbonyl (C=O) groups is 1. The van der Waals surface area contributed by atoms with Gasteiger partial charge in [0.05, 0.1) is 0 Å². The van der Waals surface area contributed by atoms with Gasteiger partial charge in [0, 0.05) is 23.0 Å². The van der Waals surface area contributed by atoms with Gasteiger partial charge in [-0.05, 0) is 28.5 Å². The van der Waals surface area contributed by atoms with Gasteiger partial charge in [-0.25, -0.2) is 4.68 Å². The van der Waals surface area contributed by atoms with Crippen molar-refractivity contribution in [1.82, 2.24) is 20.2 Å². The number of rotatable bonds is 5. The summed E-state index contributed by atoms with van der Waals surface area (Å²) >= 11 is 3.46. The third kappa shape index (κ3) is 3.37. The van der Waals surface area contributed by atoms with E-state index in [0.717, 1.165) is 10.0 Å². The first-order valence-electron chi connectivity index (χ1n) is 5.80. The molecule has 1 heterocycles. The Hall–Kier alpha value is -1.76. The first-order valence-corrected chi connectivity index (χ1v) is 6.60. The SMILES string of the molecule is CC(CC(=O)O)Cn1nnnc1-c1ccccc1Br. The van der Waals surface area contributed by atoms with Gasteiger partial charge in [-0.2, -0.15) is 0 Å². The predicted molar refractivity (Wildman–Crippen MR) is 72.4 cm³/mol. The van der Waals surface area contributed by atoms with Gasteiger partial charge in [0.1, 0.15) is 0 Å². The molecule has 100 valence electrons. The fourth-order valence-electron chi connectivity index (χ4n) is 1.82. The van der Waals surface area contributed by atoms with E-state index in [1.165, 1.54) is 0 Å². The van der Waals surface area contributed by atoms with Gasteiger partial charge in [0.25, 0.3) is 0 Å². The van der Waals surface area contributed by atoms with E-state index < -0.39 is 5.97 Å². The summed E-state index contributed by atoms with van der Waals surface area (Å²) in [6, 6.07) is 7.64. The Bertz CT molecular complexity index is 585. The van der Waals surface area contributed by atoms with Crippen LogP contribution >= 0.6 is 15.9 Å². The Kier molecular flexibility index (Phi) is 4.26. The number of benzene rings is 1. The molecule has 1 unspecified atom stereocenters. The Morgan fingerprint density at radius 2 is 2.21 bits per heavy atom. The van der Waals surface area contributed by atoms with Crippen LogP contribution in [-0.2, 0) is 11.3 Å². The van der Waals surface area contributed by atoms with Crippen LogP contribution in [0.3, 0.4) is 0 Å². The Morgan fingerprint density at radius 1 is 1.47 bits per heavy atom. The smallest absolute Gasteiger partial charge is 0.303 e. The van der Waals surface area contributed by atoms with E-state index in [1.807, 2.05) is 31.2 Å². The molecule has 0 bridgehead atoms. The molecule has 0 amide bonds. The average molecular weight is 325 g/mol. The number of hydrogen-bond donors (Lipinski definition) is 1. The zero-order valence-corrected chi connectivity index (χ0v) is 11.9. The predicted octanol–water partition coefficient (Wildman–Crippen LogP) is 2.21. The molecule has 0 fully saturated rings. The molecule has 0 saturated heterocycles. The summed E-state index contributed by atoms with van der Waals surface area (Å²) in [5.41, 5.74) is 0.884. The van der Waals surface area contributed by atoms with Crippen molar-refractivity contribution in [3.63, 3.8) is 0 Å². The zero-order chi connectivity index (χ0) is 13.8. The van der Waals surface area contributed by atoms with Crippen LogP contribution in [0.15, 0.2) is 28.7 Å². The molecule has 19 heavy (non-hydrogen) atoms. The molecule has 0 saturated carbocycles. The van der Waals surface area contributed by atoms with E-state index >= 15 is 0 Å². The van der Waals surface area contributed by atoms with Gasteiger partial charge in [-0.1, -0.05) is 35.0 Å². The summed E-state index contributed by atoms with van der Waals surface area (Å²) in [5, 5.41) is 20.4. The van der Waals surface area contributed by atoms with Crippen LogP contribution in [0.25, 0.3) is 11.4 Å². The largest absolute Gasteiger partial charge is 0.481 e. The van der Waals surface area contributed by atoms with Crippen LogP contribution in [0.1, 0.15) is 13.3 Å². The first-order chi connectivity index (χ1) is 9.08. The maximum Gasteiger partial charge on any atom is 0.303 e. The van der Waals surface area contributed by atoms with E-state index in [0.29, 0.717) is 12.4 Å². The number of hydrogen-bond acceptors (Lipinski definition) is 4. The maximum atomic E-state index is 10.7. The number of aliphatic carboxylic acids is 1. The second-order valence-corrected chi connectivity index (χ2v) is 5.22. The highest BCUT2D eigenvalue weighted by Gasteiger charge is 2.15. The molecule has 0 radical (unpaired) electrons. The third-order valence-electron chi connectivity index (χ3n) is 2.65. The molecule has 7 heteroatoms. The van der Waals surface area contributed by atoms with Crippen LogP contribution in [0.5, 0.6) is 0 Å². The van der Waals surface area contributed by atoms with Gasteiger partial charge in [0.2, 0.25) is 0 Å². The lowest BCUT2D eigenvalue weighted by Gasteiger charge is -2.10. The molecule has 0 aliphatic carbocycles. The van der Waals surface area contributed by atoms with Crippen molar-refractivity contribution in [3.05, 3.63) is 28.7 Å². The van der Waals surface area contributed by atoms with Gasteiger partial charge in [-0.15, -0.1) is 5.10 Å². The van der Waals surface area contributed by atoms with E-state index in [-0.39, 0.29) is 12.3 Å². The highest BCUT2D eigenvalue weighted by molar-refractivity contribution is 9.10.